The number of halogens is 3. The monoisotopic (exact) mass is 413 g/mol. The molecule has 154 valence electrons. The van der Waals surface area contributed by atoms with Crippen LogP contribution in [0.15, 0.2) is 78.9 Å². The number of hydrogen-bond acceptors (Lipinski definition) is 3. The van der Waals surface area contributed by atoms with Crippen molar-refractivity contribution in [2.45, 2.75) is 19.2 Å². The highest BCUT2D eigenvalue weighted by atomic mass is 19.4. The minimum Gasteiger partial charge on any atom is -0.449 e. The van der Waals surface area contributed by atoms with Gasteiger partial charge in [-0.05, 0) is 42.3 Å². The van der Waals surface area contributed by atoms with Gasteiger partial charge in [0.15, 0.2) is 6.10 Å². The zero-order valence-electron chi connectivity index (χ0n) is 15.9. The molecule has 0 aliphatic heterocycles. The highest BCUT2D eigenvalue weighted by Gasteiger charge is 2.34. The molecular weight excluding hydrogens is 395 g/mol. The van der Waals surface area contributed by atoms with Gasteiger partial charge in [-0.15, -0.1) is 0 Å². The van der Waals surface area contributed by atoms with Crippen LogP contribution in [0.25, 0.3) is 11.1 Å². The standard InChI is InChI=1S/C23H18F3NO3/c1-15(21(28)27-20-10-6-5-9-19(20)23(24,25)26)30-22(29)18-13-11-17(12-14-18)16-7-3-2-4-8-16/h2-15H,1H3,(H,27,28)/t15-/m1/s1. The second-order valence-electron chi connectivity index (χ2n) is 6.52. The molecule has 0 fully saturated rings. The first kappa shape index (κ1) is 21.1. The van der Waals surface area contributed by atoms with E-state index in [1.807, 2.05) is 30.3 Å². The Morgan fingerprint density at radius 3 is 2.03 bits per heavy atom. The van der Waals surface area contributed by atoms with Crippen LogP contribution in [0, 0.1) is 0 Å². The van der Waals surface area contributed by atoms with Crippen molar-refractivity contribution in [3.63, 3.8) is 0 Å². The fourth-order valence-electron chi connectivity index (χ4n) is 2.79. The summed E-state index contributed by atoms with van der Waals surface area (Å²) in [4.78, 5) is 24.5. The number of esters is 1. The molecule has 0 unspecified atom stereocenters. The largest absolute Gasteiger partial charge is 0.449 e. The van der Waals surface area contributed by atoms with Crippen molar-refractivity contribution < 1.29 is 27.5 Å². The number of ether oxygens (including phenoxy) is 1. The highest BCUT2D eigenvalue weighted by molar-refractivity contribution is 5.98. The first-order chi connectivity index (χ1) is 14.3. The summed E-state index contributed by atoms with van der Waals surface area (Å²) < 4.78 is 44.3. The lowest BCUT2D eigenvalue weighted by atomic mass is 10.0. The van der Waals surface area contributed by atoms with Crippen molar-refractivity contribution in [3.05, 3.63) is 90.0 Å². The van der Waals surface area contributed by atoms with E-state index in [1.54, 1.807) is 24.3 Å². The normalized spacial score (nSPS) is 12.1. The molecule has 0 aliphatic rings. The van der Waals surface area contributed by atoms with Gasteiger partial charge in [0.25, 0.3) is 5.91 Å². The third-order valence-electron chi connectivity index (χ3n) is 4.37. The SMILES string of the molecule is C[C@@H](OC(=O)c1ccc(-c2ccccc2)cc1)C(=O)Nc1ccccc1C(F)(F)F. The summed E-state index contributed by atoms with van der Waals surface area (Å²) >= 11 is 0. The van der Waals surface area contributed by atoms with E-state index >= 15 is 0 Å². The van der Waals surface area contributed by atoms with E-state index in [0.29, 0.717) is 0 Å². The van der Waals surface area contributed by atoms with Crippen molar-refractivity contribution in [1.29, 1.82) is 0 Å². The molecule has 3 aromatic carbocycles. The number of benzene rings is 3. The summed E-state index contributed by atoms with van der Waals surface area (Å²) in [6.07, 6.45) is -5.91. The zero-order valence-corrected chi connectivity index (χ0v) is 15.9. The number of rotatable bonds is 5. The van der Waals surface area contributed by atoms with Gasteiger partial charge in [-0.1, -0.05) is 54.6 Å². The van der Waals surface area contributed by atoms with Gasteiger partial charge in [0.2, 0.25) is 0 Å². The third kappa shape index (κ3) is 5.05. The summed E-state index contributed by atoms with van der Waals surface area (Å²) in [5.41, 5.74) is 0.735. The summed E-state index contributed by atoms with van der Waals surface area (Å²) in [7, 11) is 0. The van der Waals surface area contributed by atoms with E-state index in [4.69, 9.17) is 4.74 Å². The van der Waals surface area contributed by atoms with Crippen LogP contribution in [0.1, 0.15) is 22.8 Å². The van der Waals surface area contributed by atoms with Crippen molar-refractivity contribution >= 4 is 17.6 Å². The molecule has 4 nitrogen and oxygen atoms in total. The molecule has 0 aromatic heterocycles. The Hall–Kier alpha value is -3.61. The molecule has 3 aromatic rings. The van der Waals surface area contributed by atoms with Crippen LogP contribution in [-0.4, -0.2) is 18.0 Å². The first-order valence-electron chi connectivity index (χ1n) is 9.09. The maximum atomic E-state index is 13.0. The Morgan fingerprint density at radius 1 is 0.833 bits per heavy atom. The molecule has 3 rings (SSSR count). The molecule has 1 atom stereocenters. The van der Waals surface area contributed by atoms with Gasteiger partial charge in [-0.2, -0.15) is 13.2 Å². The number of para-hydroxylation sites is 1. The Morgan fingerprint density at radius 2 is 1.40 bits per heavy atom. The number of carbonyl (C=O) groups is 2. The molecule has 0 aliphatic carbocycles. The lowest BCUT2D eigenvalue weighted by Gasteiger charge is -2.17. The predicted octanol–water partition coefficient (Wildman–Crippen LogP) is 5.56. The van der Waals surface area contributed by atoms with Gasteiger partial charge in [0.1, 0.15) is 0 Å². The molecule has 1 amide bonds. The molecular formula is C23H18F3NO3. The van der Waals surface area contributed by atoms with Crippen LogP contribution in [0.5, 0.6) is 0 Å². The molecule has 0 spiro atoms. The van der Waals surface area contributed by atoms with E-state index in [9.17, 15) is 22.8 Å². The predicted molar refractivity (Wildman–Crippen MR) is 107 cm³/mol. The minimum absolute atomic E-state index is 0.227. The second-order valence-corrected chi connectivity index (χ2v) is 6.52. The fourth-order valence-corrected chi connectivity index (χ4v) is 2.79. The van der Waals surface area contributed by atoms with Crippen molar-refractivity contribution in [3.8, 4) is 11.1 Å². The van der Waals surface area contributed by atoms with E-state index in [-0.39, 0.29) is 5.56 Å². The molecule has 30 heavy (non-hydrogen) atoms. The number of nitrogens with one attached hydrogen (secondary N) is 1. The second kappa shape index (κ2) is 8.82. The Kier molecular flexibility index (Phi) is 6.20. The van der Waals surface area contributed by atoms with Crippen LogP contribution in [0.4, 0.5) is 18.9 Å². The number of alkyl halides is 3. The minimum atomic E-state index is -4.62. The topological polar surface area (TPSA) is 55.4 Å². The summed E-state index contributed by atoms with van der Waals surface area (Å²) in [5.74, 6) is -1.61. The van der Waals surface area contributed by atoms with E-state index in [2.05, 4.69) is 5.32 Å². The highest BCUT2D eigenvalue weighted by Crippen LogP contribution is 2.34. The third-order valence-corrected chi connectivity index (χ3v) is 4.37. The van der Waals surface area contributed by atoms with Crippen LogP contribution in [0.2, 0.25) is 0 Å². The van der Waals surface area contributed by atoms with E-state index in [0.717, 1.165) is 23.3 Å². The lowest BCUT2D eigenvalue weighted by Crippen LogP contribution is -2.30. The average Bonchev–Trinajstić information content (AvgIpc) is 2.74. The van der Waals surface area contributed by atoms with Gasteiger partial charge in [-0.25, -0.2) is 4.79 Å². The Bertz CT molecular complexity index is 1030. The number of amides is 1. The maximum absolute atomic E-state index is 13.0. The lowest BCUT2D eigenvalue weighted by molar-refractivity contribution is -0.137. The van der Waals surface area contributed by atoms with Gasteiger partial charge >= 0.3 is 12.1 Å². The number of carbonyl (C=O) groups excluding carboxylic acids is 2. The van der Waals surface area contributed by atoms with Crippen molar-refractivity contribution in [2.24, 2.45) is 0 Å². The van der Waals surface area contributed by atoms with Crippen molar-refractivity contribution in [1.82, 2.24) is 0 Å². The van der Waals surface area contributed by atoms with Crippen LogP contribution >= 0.6 is 0 Å². The van der Waals surface area contributed by atoms with Gasteiger partial charge < -0.3 is 10.1 Å². The summed E-state index contributed by atoms with van der Waals surface area (Å²) in [5, 5.41) is 2.17. The van der Waals surface area contributed by atoms with Crippen LogP contribution < -0.4 is 5.32 Å². The molecule has 0 radical (unpaired) electrons. The van der Waals surface area contributed by atoms with Crippen molar-refractivity contribution in [2.75, 3.05) is 5.32 Å². The van der Waals surface area contributed by atoms with Crippen LogP contribution in [-0.2, 0) is 15.7 Å². The van der Waals surface area contributed by atoms with Crippen LogP contribution in [0.3, 0.4) is 0 Å². The molecule has 0 saturated heterocycles. The smallest absolute Gasteiger partial charge is 0.418 e. The van der Waals surface area contributed by atoms with E-state index in [1.165, 1.54) is 19.1 Å². The van der Waals surface area contributed by atoms with Gasteiger partial charge in [-0.3, -0.25) is 4.79 Å². The average molecular weight is 413 g/mol. The van der Waals surface area contributed by atoms with Gasteiger partial charge in [0, 0.05) is 0 Å². The molecule has 0 heterocycles. The summed E-state index contributed by atoms with van der Waals surface area (Å²) in [6.45, 7) is 1.29. The summed E-state index contributed by atoms with van der Waals surface area (Å²) in [6, 6.07) is 20.8. The Balaban J connectivity index is 1.65. The molecule has 1 N–H and O–H groups in total. The first-order valence-corrected chi connectivity index (χ1v) is 9.09. The van der Waals surface area contributed by atoms with E-state index < -0.39 is 35.4 Å². The Labute approximate surface area is 171 Å². The number of anilines is 1. The quantitative estimate of drug-likeness (QED) is 0.558. The van der Waals surface area contributed by atoms with Gasteiger partial charge in [0.05, 0.1) is 16.8 Å². The molecule has 0 bridgehead atoms. The molecule has 0 saturated carbocycles. The fraction of sp³-hybridized carbons (Fsp3) is 0.130. The maximum Gasteiger partial charge on any atom is 0.418 e. The molecule has 7 heteroatoms. The number of hydrogen-bond donors (Lipinski definition) is 1. The zero-order chi connectivity index (χ0) is 21.7.